The maximum atomic E-state index is 11.3. The number of nitrogens with zero attached hydrogens (tertiary/aromatic N) is 3. The number of hydrazone groups is 1. The predicted octanol–water partition coefficient (Wildman–Crippen LogP) is 2.24. The first-order valence-electron chi connectivity index (χ1n) is 7.19. The van der Waals surface area contributed by atoms with Crippen molar-refractivity contribution in [2.45, 2.75) is 0 Å². The molecule has 0 atom stereocenters. The Morgan fingerprint density at radius 3 is 2.48 bits per heavy atom. The maximum Gasteiger partial charge on any atom is 0.344 e. The first-order chi connectivity index (χ1) is 12.0. The number of non-ortho nitro benzene ring substituents is 1. The van der Waals surface area contributed by atoms with Gasteiger partial charge in [0.1, 0.15) is 18.1 Å². The molecule has 0 bridgehead atoms. The zero-order chi connectivity index (χ0) is 17.8. The number of hydrogen-bond acceptors (Lipinski definition) is 6. The van der Waals surface area contributed by atoms with Crippen LogP contribution >= 0.6 is 0 Å². The highest BCUT2D eigenvalue weighted by Gasteiger charge is 2.25. The lowest BCUT2D eigenvalue weighted by atomic mass is 10.2. The first-order valence-corrected chi connectivity index (χ1v) is 7.19. The number of benzene rings is 1. The van der Waals surface area contributed by atoms with Gasteiger partial charge in [-0.25, -0.2) is 9.80 Å². The monoisotopic (exact) mass is 340 g/mol. The molecule has 0 spiro atoms. The quantitative estimate of drug-likeness (QED) is 0.387. The minimum atomic E-state index is -0.578. The number of rotatable bonds is 5. The molecule has 3 amide bonds. The molecular formula is C16H12N4O5. The molecule has 2 heterocycles. The van der Waals surface area contributed by atoms with Gasteiger partial charge in [0, 0.05) is 12.1 Å². The molecule has 1 aromatic carbocycles. The van der Waals surface area contributed by atoms with E-state index in [4.69, 9.17) is 4.42 Å². The number of carbonyl (C=O) groups is 2. The Hall–Kier alpha value is -3.75. The van der Waals surface area contributed by atoms with Gasteiger partial charge in [-0.05, 0) is 35.9 Å². The molecule has 0 saturated carbocycles. The first kappa shape index (κ1) is 16.1. The smallest absolute Gasteiger partial charge is 0.344 e. The molecule has 1 aliphatic rings. The number of nitrogens with one attached hydrogen (secondary N) is 1. The number of nitro benzene ring substituents is 1. The molecule has 1 fully saturated rings. The van der Waals surface area contributed by atoms with Gasteiger partial charge in [-0.1, -0.05) is 6.08 Å². The van der Waals surface area contributed by atoms with E-state index >= 15 is 0 Å². The lowest BCUT2D eigenvalue weighted by Crippen LogP contribution is -2.24. The van der Waals surface area contributed by atoms with Crippen molar-refractivity contribution in [3.63, 3.8) is 0 Å². The number of amides is 3. The molecule has 3 rings (SSSR count). The molecule has 0 radical (unpaired) electrons. The van der Waals surface area contributed by atoms with E-state index in [-0.39, 0.29) is 12.2 Å². The fourth-order valence-corrected chi connectivity index (χ4v) is 2.06. The number of nitro groups is 1. The molecular weight excluding hydrogens is 328 g/mol. The average Bonchev–Trinajstić information content (AvgIpc) is 3.17. The third-order valence-corrected chi connectivity index (χ3v) is 3.29. The number of urea groups is 1. The highest BCUT2D eigenvalue weighted by Crippen LogP contribution is 2.15. The second-order valence-electron chi connectivity index (χ2n) is 5.08. The van der Waals surface area contributed by atoms with Crippen molar-refractivity contribution in [3.05, 3.63) is 63.6 Å². The van der Waals surface area contributed by atoms with Gasteiger partial charge in [0.15, 0.2) is 0 Å². The third-order valence-electron chi connectivity index (χ3n) is 3.29. The van der Waals surface area contributed by atoms with Crippen molar-refractivity contribution >= 4 is 36.0 Å². The second kappa shape index (κ2) is 6.79. The fourth-order valence-electron chi connectivity index (χ4n) is 2.06. The normalized spacial score (nSPS) is 14.6. The van der Waals surface area contributed by atoms with Crippen molar-refractivity contribution in [2.75, 3.05) is 6.54 Å². The molecule has 0 aliphatic carbocycles. The van der Waals surface area contributed by atoms with Crippen LogP contribution in [0.5, 0.6) is 0 Å². The van der Waals surface area contributed by atoms with Gasteiger partial charge in [0.2, 0.25) is 5.91 Å². The number of hydrogen-bond donors (Lipinski definition) is 1. The van der Waals surface area contributed by atoms with Gasteiger partial charge >= 0.3 is 6.03 Å². The number of carbonyl (C=O) groups excluding carboxylic acids is 2. The van der Waals surface area contributed by atoms with Crippen LogP contribution in [0.2, 0.25) is 0 Å². The molecule has 9 heteroatoms. The largest absolute Gasteiger partial charge is 0.456 e. The summed E-state index contributed by atoms with van der Waals surface area (Å²) in [6.07, 6.45) is 4.78. The van der Waals surface area contributed by atoms with Gasteiger partial charge in [0.05, 0.1) is 11.1 Å². The van der Waals surface area contributed by atoms with E-state index in [1.54, 1.807) is 36.4 Å². The lowest BCUT2D eigenvalue weighted by molar-refractivity contribution is -0.384. The molecule has 9 nitrogen and oxygen atoms in total. The summed E-state index contributed by atoms with van der Waals surface area (Å²) >= 11 is 0. The molecule has 1 N–H and O–H groups in total. The highest BCUT2D eigenvalue weighted by molar-refractivity contribution is 6.02. The van der Waals surface area contributed by atoms with Crippen molar-refractivity contribution in [1.82, 2.24) is 10.3 Å². The summed E-state index contributed by atoms with van der Waals surface area (Å²) in [4.78, 5) is 32.5. The van der Waals surface area contributed by atoms with E-state index in [0.29, 0.717) is 11.5 Å². The standard InChI is InChI=1S/C16H12N4O5/c21-15-10-19(16(22)18-15)17-9-14-8-7-13(25-14)6-3-11-1-4-12(5-2-11)20(23)24/h1-9H,10H2,(H,18,21,22)/b6-3-,17-9+. The summed E-state index contributed by atoms with van der Waals surface area (Å²) in [7, 11) is 0. The molecule has 0 unspecified atom stereocenters. The zero-order valence-corrected chi connectivity index (χ0v) is 12.8. The van der Waals surface area contributed by atoms with Crippen LogP contribution < -0.4 is 5.32 Å². The second-order valence-corrected chi connectivity index (χ2v) is 5.08. The molecule has 1 saturated heterocycles. The van der Waals surface area contributed by atoms with Crippen molar-refractivity contribution < 1.29 is 18.9 Å². The predicted molar refractivity (Wildman–Crippen MR) is 88.6 cm³/mol. The Bertz CT molecular complexity index is 882. The van der Waals surface area contributed by atoms with Crippen LogP contribution in [0.4, 0.5) is 10.5 Å². The number of imide groups is 1. The highest BCUT2D eigenvalue weighted by atomic mass is 16.6. The van der Waals surface area contributed by atoms with Crippen LogP contribution in [0.1, 0.15) is 17.1 Å². The van der Waals surface area contributed by atoms with Gasteiger partial charge in [-0.15, -0.1) is 0 Å². The average molecular weight is 340 g/mol. The SMILES string of the molecule is O=C1CN(/N=C/c2ccc(/C=C\c3ccc([N+](=O)[O-])cc3)o2)C(=O)N1. The van der Waals surface area contributed by atoms with Crippen LogP contribution in [0.25, 0.3) is 12.2 Å². The minimum absolute atomic E-state index is 0.0260. The Morgan fingerprint density at radius 2 is 1.84 bits per heavy atom. The van der Waals surface area contributed by atoms with E-state index in [0.717, 1.165) is 10.6 Å². The van der Waals surface area contributed by atoms with E-state index in [9.17, 15) is 19.7 Å². The van der Waals surface area contributed by atoms with Crippen LogP contribution in [0.3, 0.4) is 0 Å². The Kier molecular flexibility index (Phi) is 4.38. The van der Waals surface area contributed by atoms with Crippen molar-refractivity contribution in [1.29, 1.82) is 0 Å². The summed E-state index contributed by atoms with van der Waals surface area (Å²) in [5.41, 5.74) is 0.808. The lowest BCUT2D eigenvalue weighted by Gasteiger charge is -2.02. The zero-order valence-electron chi connectivity index (χ0n) is 12.8. The van der Waals surface area contributed by atoms with Crippen LogP contribution in [-0.2, 0) is 4.79 Å². The van der Waals surface area contributed by atoms with Crippen LogP contribution in [-0.4, -0.2) is 34.6 Å². The van der Waals surface area contributed by atoms with Gasteiger partial charge < -0.3 is 4.42 Å². The Morgan fingerprint density at radius 1 is 1.12 bits per heavy atom. The summed E-state index contributed by atoms with van der Waals surface area (Å²) in [5, 5.41) is 17.6. The van der Waals surface area contributed by atoms with Crippen LogP contribution in [0.15, 0.2) is 45.9 Å². The summed E-state index contributed by atoms with van der Waals surface area (Å²) < 4.78 is 5.50. The van der Waals surface area contributed by atoms with Gasteiger partial charge in [-0.2, -0.15) is 5.10 Å². The van der Waals surface area contributed by atoms with E-state index in [1.807, 2.05) is 0 Å². The van der Waals surface area contributed by atoms with Gasteiger partial charge in [-0.3, -0.25) is 20.2 Å². The Balaban J connectivity index is 1.64. The summed E-state index contributed by atoms with van der Waals surface area (Å²) in [5.74, 6) is 0.547. The van der Waals surface area contributed by atoms with E-state index in [1.165, 1.54) is 18.3 Å². The summed E-state index contributed by atoms with van der Waals surface area (Å²) in [6, 6.07) is 8.88. The third kappa shape index (κ3) is 3.96. The van der Waals surface area contributed by atoms with Gasteiger partial charge in [0.25, 0.3) is 5.69 Å². The molecule has 126 valence electrons. The topological polar surface area (TPSA) is 118 Å². The van der Waals surface area contributed by atoms with Crippen molar-refractivity contribution in [2.24, 2.45) is 5.10 Å². The fraction of sp³-hybridized carbons (Fsp3) is 0.0625. The summed E-state index contributed by atoms with van der Waals surface area (Å²) in [6.45, 7) is -0.122. The Labute approximate surface area is 141 Å². The van der Waals surface area contributed by atoms with Crippen LogP contribution in [0, 0.1) is 10.1 Å². The van der Waals surface area contributed by atoms with E-state index < -0.39 is 16.9 Å². The molecule has 1 aromatic heterocycles. The van der Waals surface area contributed by atoms with Crippen molar-refractivity contribution in [3.8, 4) is 0 Å². The number of furan rings is 1. The molecule has 1 aliphatic heterocycles. The van der Waals surface area contributed by atoms with E-state index in [2.05, 4.69) is 10.4 Å². The molecule has 25 heavy (non-hydrogen) atoms. The molecule has 2 aromatic rings. The minimum Gasteiger partial charge on any atom is -0.456 e. The maximum absolute atomic E-state index is 11.3.